The molecule has 12 heteroatoms. The zero-order chi connectivity index (χ0) is 24.4. The van der Waals surface area contributed by atoms with E-state index in [0.717, 1.165) is 0 Å². The van der Waals surface area contributed by atoms with E-state index in [1.54, 1.807) is 11.8 Å². The van der Waals surface area contributed by atoms with Crippen LogP contribution in [0.15, 0.2) is 29.1 Å². The molecule has 2 aliphatic heterocycles. The average Bonchev–Trinajstić information content (AvgIpc) is 2.83. The number of H-pyrrole nitrogens is 1. The summed E-state index contributed by atoms with van der Waals surface area (Å²) in [7, 11) is 0. The van der Waals surface area contributed by atoms with E-state index in [9.17, 15) is 29.8 Å². The fourth-order valence-electron chi connectivity index (χ4n) is 4.43. The predicted molar refractivity (Wildman–Crippen MR) is 119 cm³/mol. The number of benzene rings is 1. The molecule has 4 rings (SSSR count). The van der Waals surface area contributed by atoms with Crippen LogP contribution in [0.25, 0.3) is 0 Å². The van der Waals surface area contributed by atoms with E-state index in [4.69, 9.17) is 4.74 Å². The summed E-state index contributed by atoms with van der Waals surface area (Å²) in [5.41, 5.74) is -0.181. The molecular weight excluding hydrogens is 444 g/mol. The molecule has 1 aromatic heterocycles. The number of piperidine rings is 1. The molecule has 3 unspecified atom stereocenters. The SMILES string of the molecule is CCOC(=O)C1CCCN(c2nc3c(c(=O)[nH]2)C(c2ccc([N+](=O)[O-])cc2)C(C#N)C(=O)N3)C1. The van der Waals surface area contributed by atoms with Gasteiger partial charge in [0.1, 0.15) is 11.7 Å². The number of carbonyl (C=O) groups excluding carboxylic acids is 2. The zero-order valence-electron chi connectivity index (χ0n) is 18.3. The number of non-ortho nitro benzene ring substituents is 1. The van der Waals surface area contributed by atoms with Crippen molar-refractivity contribution in [2.45, 2.75) is 25.7 Å². The van der Waals surface area contributed by atoms with Gasteiger partial charge in [-0.3, -0.25) is 29.5 Å². The summed E-state index contributed by atoms with van der Waals surface area (Å²) in [4.78, 5) is 57.4. The van der Waals surface area contributed by atoms with Gasteiger partial charge in [0.15, 0.2) is 0 Å². The first-order valence-electron chi connectivity index (χ1n) is 10.8. The molecule has 176 valence electrons. The number of aromatic amines is 1. The predicted octanol–water partition coefficient (Wildman–Crippen LogP) is 1.68. The lowest BCUT2D eigenvalue weighted by atomic mass is 9.79. The van der Waals surface area contributed by atoms with Crippen LogP contribution in [-0.4, -0.2) is 46.5 Å². The van der Waals surface area contributed by atoms with Gasteiger partial charge < -0.3 is 15.0 Å². The van der Waals surface area contributed by atoms with E-state index >= 15 is 0 Å². The molecule has 12 nitrogen and oxygen atoms in total. The number of aromatic nitrogens is 2. The van der Waals surface area contributed by atoms with Gasteiger partial charge >= 0.3 is 5.97 Å². The van der Waals surface area contributed by atoms with Gasteiger partial charge in [0.2, 0.25) is 11.9 Å². The Morgan fingerprint density at radius 3 is 2.74 bits per heavy atom. The zero-order valence-corrected chi connectivity index (χ0v) is 18.3. The number of ether oxygens (including phenoxy) is 1. The largest absolute Gasteiger partial charge is 0.466 e. The number of anilines is 2. The van der Waals surface area contributed by atoms with Crippen LogP contribution >= 0.6 is 0 Å². The second-order valence-electron chi connectivity index (χ2n) is 8.11. The minimum absolute atomic E-state index is 0.0249. The number of nitro benzene ring substituents is 1. The Hall–Kier alpha value is -4.27. The molecule has 0 radical (unpaired) electrons. The van der Waals surface area contributed by atoms with Crippen molar-refractivity contribution in [3.05, 3.63) is 55.9 Å². The van der Waals surface area contributed by atoms with Crippen molar-refractivity contribution < 1.29 is 19.2 Å². The third-order valence-electron chi connectivity index (χ3n) is 6.05. The lowest BCUT2D eigenvalue weighted by Crippen LogP contribution is -2.43. The molecule has 3 atom stereocenters. The summed E-state index contributed by atoms with van der Waals surface area (Å²) in [5.74, 6) is -3.23. The Bertz CT molecular complexity index is 1230. The number of nitro groups is 1. The highest BCUT2D eigenvalue weighted by molar-refractivity contribution is 5.98. The number of rotatable bonds is 5. The highest BCUT2D eigenvalue weighted by Gasteiger charge is 2.41. The molecule has 0 saturated carbocycles. The van der Waals surface area contributed by atoms with Crippen molar-refractivity contribution in [2.24, 2.45) is 11.8 Å². The minimum atomic E-state index is -1.22. The highest BCUT2D eigenvalue weighted by Crippen LogP contribution is 2.38. The fourth-order valence-corrected chi connectivity index (χ4v) is 4.43. The quantitative estimate of drug-likeness (QED) is 0.378. The van der Waals surface area contributed by atoms with Gasteiger partial charge in [0.25, 0.3) is 11.2 Å². The van der Waals surface area contributed by atoms with Crippen LogP contribution in [0, 0.1) is 33.3 Å². The van der Waals surface area contributed by atoms with Gasteiger partial charge in [-0.15, -0.1) is 0 Å². The molecule has 3 heterocycles. The number of carbonyl (C=O) groups is 2. The number of fused-ring (bicyclic) bond motifs is 1. The molecule has 34 heavy (non-hydrogen) atoms. The average molecular weight is 466 g/mol. The smallest absolute Gasteiger partial charge is 0.310 e. The maximum absolute atomic E-state index is 13.2. The van der Waals surface area contributed by atoms with E-state index < -0.39 is 28.2 Å². The summed E-state index contributed by atoms with van der Waals surface area (Å²) in [6.45, 7) is 2.87. The third kappa shape index (κ3) is 4.19. The second-order valence-corrected chi connectivity index (χ2v) is 8.11. The first kappa shape index (κ1) is 22.9. The van der Waals surface area contributed by atoms with Gasteiger partial charge in [0.05, 0.1) is 29.1 Å². The Balaban J connectivity index is 1.72. The molecule has 1 amide bonds. The van der Waals surface area contributed by atoms with Crippen molar-refractivity contribution in [1.29, 1.82) is 5.26 Å². The Kier molecular flexibility index (Phi) is 6.27. The first-order chi connectivity index (χ1) is 16.3. The first-order valence-corrected chi connectivity index (χ1v) is 10.8. The summed E-state index contributed by atoms with van der Waals surface area (Å²) in [5, 5.41) is 23.2. The summed E-state index contributed by atoms with van der Waals surface area (Å²) < 4.78 is 5.12. The number of hydrogen-bond donors (Lipinski definition) is 2. The number of nitrogens with zero attached hydrogens (tertiary/aromatic N) is 4. The molecule has 2 aromatic rings. The second kappa shape index (κ2) is 9.30. The topological polar surface area (TPSA) is 171 Å². The number of amides is 1. The molecule has 2 aliphatic rings. The van der Waals surface area contributed by atoms with Crippen LogP contribution in [-0.2, 0) is 14.3 Å². The number of esters is 1. The fraction of sp³-hybridized carbons (Fsp3) is 0.409. The van der Waals surface area contributed by atoms with Crippen LogP contribution in [0.5, 0.6) is 0 Å². The van der Waals surface area contributed by atoms with Crippen molar-refractivity contribution in [1.82, 2.24) is 9.97 Å². The lowest BCUT2D eigenvalue weighted by Gasteiger charge is -2.33. The Morgan fingerprint density at radius 2 is 2.09 bits per heavy atom. The van der Waals surface area contributed by atoms with Crippen molar-refractivity contribution in [3.63, 3.8) is 0 Å². The van der Waals surface area contributed by atoms with Gasteiger partial charge in [-0.25, -0.2) is 0 Å². The lowest BCUT2D eigenvalue weighted by molar-refractivity contribution is -0.384. The van der Waals surface area contributed by atoms with Gasteiger partial charge in [0, 0.05) is 31.1 Å². The molecular formula is C22H22N6O6. The van der Waals surface area contributed by atoms with Crippen LogP contribution in [0.3, 0.4) is 0 Å². The maximum atomic E-state index is 13.2. The van der Waals surface area contributed by atoms with Crippen molar-refractivity contribution in [3.8, 4) is 6.07 Å². The van der Waals surface area contributed by atoms with Crippen LogP contribution in [0.4, 0.5) is 17.5 Å². The van der Waals surface area contributed by atoms with Crippen molar-refractivity contribution in [2.75, 3.05) is 29.9 Å². The van der Waals surface area contributed by atoms with Gasteiger partial charge in [-0.1, -0.05) is 12.1 Å². The van der Waals surface area contributed by atoms with E-state index in [2.05, 4.69) is 15.3 Å². The molecule has 1 fully saturated rings. The van der Waals surface area contributed by atoms with E-state index in [-0.39, 0.29) is 41.5 Å². The van der Waals surface area contributed by atoms with Crippen molar-refractivity contribution >= 4 is 29.3 Å². The third-order valence-corrected chi connectivity index (χ3v) is 6.05. The monoisotopic (exact) mass is 466 g/mol. The maximum Gasteiger partial charge on any atom is 0.310 e. The van der Waals surface area contributed by atoms with E-state index in [0.29, 0.717) is 31.5 Å². The van der Waals surface area contributed by atoms with Gasteiger partial charge in [-0.2, -0.15) is 10.2 Å². The van der Waals surface area contributed by atoms with Crippen LogP contribution in [0.2, 0.25) is 0 Å². The van der Waals surface area contributed by atoms with E-state index in [1.807, 2.05) is 6.07 Å². The molecule has 1 aromatic carbocycles. The molecule has 0 bridgehead atoms. The standard InChI is InChI=1S/C22H22N6O6/c1-2-34-21(31)13-4-3-9-27(11-13)22-25-18-17(20(30)26-22)16(15(10-23)19(29)24-18)12-5-7-14(8-6-12)28(32)33/h5-8,13,15-16H,2-4,9,11H2,1H3,(H2,24,25,26,29,30). The number of nitrogens with one attached hydrogen (secondary N) is 2. The molecule has 2 N–H and O–H groups in total. The molecule has 0 spiro atoms. The Labute approximate surface area is 193 Å². The number of nitriles is 1. The molecule has 0 aliphatic carbocycles. The van der Waals surface area contributed by atoms with Gasteiger partial charge in [-0.05, 0) is 25.3 Å². The molecule has 1 saturated heterocycles. The summed E-state index contributed by atoms with van der Waals surface area (Å²) in [6.07, 6.45) is 1.35. The summed E-state index contributed by atoms with van der Waals surface area (Å²) >= 11 is 0. The minimum Gasteiger partial charge on any atom is -0.466 e. The van der Waals surface area contributed by atoms with Crippen LogP contribution in [0.1, 0.15) is 36.8 Å². The van der Waals surface area contributed by atoms with E-state index in [1.165, 1.54) is 24.3 Å². The normalized spacial score (nSPS) is 21.7. The van der Waals surface area contributed by atoms with Crippen LogP contribution < -0.4 is 15.8 Å². The summed E-state index contributed by atoms with van der Waals surface area (Å²) in [6, 6.07) is 7.30. The highest BCUT2D eigenvalue weighted by atomic mass is 16.6. The Morgan fingerprint density at radius 1 is 1.35 bits per heavy atom. The number of hydrogen-bond acceptors (Lipinski definition) is 9.